The van der Waals surface area contributed by atoms with Gasteiger partial charge in [-0.1, -0.05) is 6.42 Å². The van der Waals surface area contributed by atoms with Crippen LogP contribution in [0.25, 0.3) is 0 Å². The topological polar surface area (TPSA) is 66.6 Å². The average Bonchev–Trinajstić information content (AvgIpc) is 2.07. The Hall–Kier alpha value is -0.610. The summed E-state index contributed by atoms with van der Waals surface area (Å²) in [4.78, 5) is 13.5. The number of piperidine rings is 1. The predicted octanol–water partition coefficient (Wildman–Crippen LogP) is 0.130. The molecule has 1 aliphatic carbocycles. The first kappa shape index (κ1) is 9.93. The lowest BCUT2D eigenvalue weighted by Crippen LogP contribution is -2.68. The minimum absolute atomic E-state index is 0.137. The van der Waals surface area contributed by atoms with Gasteiger partial charge >= 0.3 is 5.97 Å². The number of carbonyl (C=O) groups is 1. The molecule has 1 saturated heterocycles. The third-order valence-corrected chi connectivity index (χ3v) is 3.89. The molecule has 2 unspecified atom stereocenters. The summed E-state index contributed by atoms with van der Waals surface area (Å²) in [5.41, 5.74) is 5.13. The van der Waals surface area contributed by atoms with E-state index < -0.39 is 11.5 Å². The maximum Gasteiger partial charge on any atom is 0.324 e. The summed E-state index contributed by atoms with van der Waals surface area (Å²) in [7, 11) is 2.05. The summed E-state index contributed by atoms with van der Waals surface area (Å²) < 4.78 is 0. The van der Waals surface area contributed by atoms with E-state index in [0.717, 1.165) is 32.4 Å². The molecule has 4 nitrogen and oxygen atoms in total. The SMILES string of the molecule is CN1CC2CCCC(C1)C2(N)C(=O)O. The second-order valence-electron chi connectivity index (χ2n) is 4.78. The molecular formula is C10H18N2O2. The van der Waals surface area contributed by atoms with Gasteiger partial charge in [0.2, 0.25) is 0 Å². The van der Waals surface area contributed by atoms with Crippen LogP contribution in [0.3, 0.4) is 0 Å². The van der Waals surface area contributed by atoms with Gasteiger partial charge in [0.1, 0.15) is 5.54 Å². The van der Waals surface area contributed by atoms with Gasteiger partial charge in [0.25, 0.3) is 0 Å². The molecule has 2 bridgehead atoms. The highest BCUT2D eigenvalue weighted by atomic mass is 16.4. The van der Waals surface area contributed by atoms with Gasteiger partial charge in [-0.2, -0.15) is 0 Å². The van der Waals surface area contributed by atoms with Gasteiger partial charge in [0, 0.05) is 24.9 Å². The van der Waals surface area contributed by atoms with E-state index in [2.05, 4.69) is 4.90 Å². The van der Waals surface area contributed by atoms with Crippen LogP contribution in [0.5, 0.6) is 0 Å². The Balaban J connectivity index is 2.28. The fraction of sp³-hybridized carbons (Fsp3) is 0.900. The van der Waals surface area contributed by atoms with Crippen molar-refractivity contribution in [1.82, 2.24) is 4.90 Å². The quantitative estimate of drug-likeness (QED) is 0.628. The van der Waals surface area contributed by atoms with Crippen molar-refractivity contribution in [2.75, 3.05) is 20.1 Å². The Morgan fingerprint density at radius 1 is 1.43 bits per heavy atom. The molecule has 0 spiro atoms. The lowest BCUT2D eigenvalue weighted by Gasteiger charge is -2.50. The molecule has 1 saturated carbocycles. The van der Waals surface area contributed by atoms with Crippen LogP contribution in [0.2, 0.25) is 0 Å². The molecule has 0 radical (unpaired) electrons. The zero-order valence-electron chi connectivity index (χ0n) is 8.57. The first-order chi connectivity index (χ1) is 6.55. The highest BCUT2D eigenvalue weighted by Gasteiger charge is 2.53. The van der Waals surface area contributed by atoms with Crippen LogP contribution in [0.15, 0.2) is 0 Å². The molecule has 0 aromatic heterocycles. The normalized spacial score (nSPS) is 43.6. The smallest absolute Gasteiger partial charge is 0.324 e. The third kappa shape index (κ3) is 1.25. The maximum absolute atomic E-state index is 11.3. The number of hydrogen-bond donors (Lipinski definition) is 2. The summed E-state index contributed by atoms with van der Waals surface area (Å²) in [6.45, 7) is 1.67. The van der Waals surface area contributed by atoms with Crippen molar-refractivity contribution in [1.29, 1.82) is 0 Å². The molecule has 14 heavy (non-hydrogen) atoms. The second kappa shape index (κ2) is 3.21. The van der Waals surface area contributed by atoms with E-state index in [1.54, 1.807) is 0 Å². The second-order valence-corrected chi connectivity index (χ2v) is 4.78. The Morgan fingerprint density at radius 2 is 1.93 bits per heavy atom. The van der Waals surface area contributed by atoms with Gasteiger partial charge in [-0.3, -0.25) is 4.79 Å². The van der Waals surface area contributed by atoms with E-state index in [-0.39, 0.29) is 11.8 Å². The summed E-state index contributed by atoms with van der Waals surface area (Å²) in [5, 5.41) is 9.25. The number of likely N-dealkylation sites (tertiary alicyclic amines) is 1. The largest absolute Gasteiger partial charge is 0.480 e. The molecule has 0 aromatic rings. The maximum atomic E-state index is 11.3. The van der Waals surface area contributed by atoms with Gasteiger partial charge < -0.3 is 15.7 Å². The minimum atomic E-state index is -0.954. The number of hydrogen-bond acceptors (Lipinski definition) is 3. The van der Waals surface area contributed by atoms with E-state index in [9.17, 15) is 9.90 Å². The first-order valence-corrected chi connectivity index (χ1v) is 5.26. The van der Waals surface area contributed by atoms with Gasteiger partial charge in [-0.05, 0) is 19.9 Å². The van der Waals surface area contributed by atoms with Crippen molar-refractivity contribution >= 4 is 5.97 Å². The van der Waals surface area contributed by atoms with Crippen LogP contribution in [-0.4, -0.2) is 41.7 Å². The van der Waals surface area contributed by atoms with Crippen molar-refractivity contribution in [3.8, 4) is 0 Å². The molecule has 4 heteroatoms. The zero-order chi connectivity index (χ0) is 10.3. The van der Waals surface area contributed by atoms with Gasteiger partial charge in [-0.25, -0.2) is 0 Å². The molecule has 2 aliphatic rings. The zero-order valence-corrected chi connectivity index (χ0v) is 8.57. The summed E-state index contributed by atoms with van der Waals surface area (Å²) in [5.74, 6) is -0.532. The fourth-order valence-corrected chi connectivity index (χ4v) is 3.08. The summed E-state index contributed by atoms with van der Waals surface area (Å²) in [6, 6.07) is 0. The highest BCUT2D eigenvalue weighted by Crippen LogP contribution is 2.40. The van der Waals surface area contributed by atoms with Gasteiger partial charge in [0.15, 0.2) is 0 Å². The predicted molar refractivity (Wildman–Crippen MR) is 52.9 cm³/mol. The van der Waals surface area contributed by atoms with Crippen LogP contribution < -0.4 is 5.73 Å². The van der Waals surface area contributed by atoms with Crippen molar-refractivity contribution in [3.63, 3.8) is 0 Å². The lowest BCUT2D eigenvalue weighted by molar-refractivity contribution is -0.154. The van der Waals surface area contributed by atoms with E-state index >= 15 is 0 Å². The van der Waals surface area contributed by atoms with Crippen molar-refractivity contribution in [2.24, 2.45) is 17.6 Å². The van der Waals surface area contributed by atoms with E-state index in [1.165, 1.54) is 0 Å². The molecule has 2 rings (SSSR count). The van der Waals surface area contributed by atoms with Crippen molar-refractivity contribution < 1.29 is 9.90 Å². The highest BCUT2D eigenvalue weighted by molar-refractivity contribution is 5.80. The van der Waals surface area contributed by atoms with E-state index in [4.69, 9.17) is 5.73 Å². The van der Waals surface area contributed by atoms with Gasteiger partial charge in [0.05, 0.1) is 0 Å². The lowest BCUT2D eigenvalue weighted by atomic mass is 9.64. The number of carboxylic acids is 1. The minimum Gasteiger partial charge on any atom is -0.480 e. The van der Waals surface area contributed by atoms with Crippen molar-refractivity contribution in [2.45, 2.75) is 24.8 Å². The molecule has 80 valence electrons. The number of aliphatic carboxylic acids is 1. The van der Waals surface area contributed by atoms with Crippen LogP contribution in [0, 0.1) is 11.8 Å². The number of nitrogens with two attached hydrogens (primary N) is 1. The molecule has 2 atom stereocenters. The molecule has 0 amide bonds. The number of rotatable bonds is 1. The van der Waals surface area contributed by atoms with Crippen LogP contribution in [0.4, 0.5) is 0 Å². The Labute approximate surface area is 84.1 Å². The number of fused-ring (bicyclic) bond motifs is 2. The monoisotopic (exact) mass is 198 g/mol. The number of nitrogens with zero attached hydrogens (tertiary/aromatic N) is 1. The Morgan fingerprint density at radius 3 is 2.36 bits per heavy atom. The van der Waals surface area contributed by atoms with E-state index in [0.29, 0.717) is 0 Å². The molecule has 0 aromatic carbocycles. The number of carboxylic acid groups (broad SMARTS) is 1. The van der Waals surface area contributed by atoms with Crippen LogP contribution in [0.1, 0.15) is 19.3 Å². The first-order valence-electron chi connectivity index (χ1n) is 5.26. The van der Waals surface area contributed by atoms with E-state index in [1.807, 2.05) is 7.05 Å². The Kier molecular flexibility index (Phi) is 2.27. The molecular weight excluding hydrogens is 180 g/mol. The van der Waals surface area contributed by atoms with Crippen LogP contribution in [-0.2, 0) is 4.79 Å². The van der Waals surface area contributed by atoms with Crippen LogP contribution >= 0.6 is 0 Å². The molecule has 1 heterocycles. The van der Waals surface area contributed by atoms with Gasteiger partial charge in [-0.15, -0.1) is 0 Å². The Bertz CT molecular complexity index is 241. The molecule has 2 fully saturated rings. The average molecular weight is 198 g/mol. The fourth-order valence-electron chi connectivity index (χ4n) is 3.08. The standard InChI is InChI=1S/C10H18N2O2/c1-12-5-7-3-2-4-8(6-12)10(7,11)9(13)14/h7-8H,2-6,11H2,1H3,(H,13,14). The third-order valence-electron chi connectivity index (χ3n) is 3.89. The molecule has 1 aliphatic heterocycles. The summed E-state index contributed by atoms with van der Waals surface area (Å²) in [6.07, 6.45) is 3.06. The molecule has 3 N–H and O–H groups in total. The van der Waals surface area contributed by atoms with Crippen molar-refractivity contribution in [3.05, 3.63) is 0 Å². The summed E-state index contributed by atoms with van der Waals surface area (Å²) >= 11 is 0.